The second kappa shape index (κ2) is 9.24. The smallest absolute Gasteiger partial charge is 0.0942 e. The molecular formula is C19H31BrN2. The van der Waals surface area contributed by atoms with Gasteiger partial charge in [-0.25, -0.2) is 0 Å². The maximum absolute atomic E-state index is 2.44. The van der Waals surface area contributed by atoms with Crippen molar-refractivity contribution in [3.05, 3.63) is 41.2 Å². The third-order valence-electron chi connectivity index (χ3n) is 4.26. The first-order chi connectivity index (χ1) is 10.1. The summed E-state index contributed by atoms with van der Waals surface area (Å²) in [6.45, 7) is 11.1. The molecule has 1 aliphatic heterocycles. The summed E-state index contributed by atoms with van der Waals surface area (Å²) in [5, 5.41) is 0. The van der Waals surface area contributed by atoms with Gasteiger partial charge in [-0.1, -0.05) is 50.3 Å². The molecule has 0 amide bonds. The first-order valence-electron chi connectivity index (χ1n) is 8.38. The van der Waals surface area contributed by atoms with Crippen LogP contribution in [0, 0.1) is 20.8 Å². The van der Waals surface area contributed by atoms with Gasteiger partial charge < -0.3 is 9.80 Å². The summed E-state index contributed by atoms with van der Waals surface area (Å²) in [4.78, 5) is 4.82. The van der Waals surface area contributed by atoms with Crippen LogP contribution in [0.25, 0.3) is 0 Å². The molecule has 0 saturated heterocycles. The van der Waals surface area contributed by atoms with Crippen LogP contribution in [0.2, 0.25) is 0 Å². The zero-order valence-corrected chi connectivity index (χ0v) is 16.3. The van der Waals surface area contributed by atoms with Gasteiger partial charge in [0.2, 0.25) is 0 Å². The van der Waals surface area contributed by atoms with E-state index in [1.54, 1.807) is 0 Å². The molecule has 0 N–H and O–H groups in total. The van der Waals surface area contributed by atoms with Crippen LogP contribution in [0.3, 0.4) is 0 Å². The maximum Gasteiger partial charge on any atom is 0.0942 e. The van der Waals surface area contributed by atoms with E-state index >= 15 is 0 Å². The Morgan fingerprint density at radius 1 is 0.909 bits per heavy atom. The number of rotatable bonds is 7. The molecule has 0 fully saturated rings. The van der Waals surface area contributed by atoms with Crippen molar-refractivity contribution in [2.45, 2.75) is 59.8 Å². The van der Waals surface area contributed by atoms with E-state index in [1.807, 2.05) is 0 Å². The van der Waals surface area contributed by atoms with E-state index in [9.17, 15) is 0 Å². The van der Waals surface area contributed by atoms with Crippen molar-refractivity contribution in [1.82, 2.24) is 4.90 Å². The Labute approximate surface area is 147 Å². The highest BCUT2D eigenvalue weighted by Gasteiger charge is 2.17. The summed E-state index contributed by atoms with van der Waals surface area (Å²) in [5.41, 5.74) is 5.49. The number of halogens is 1. The van der Waals surface area contributed by atoms with Crippen LogP contribution in [-0.2, 0) is 0 Å². The van der Waals surface area contributed by atoms with Gasteiger partial charge in [0.25, 0.3) is 0 Å². The van der Waals surface area contributed by atoms with Gasteiger partial charge in [-0.05, 0) is 38.3 Å². The van der Waals surface area contributed by atoms with E-state index in [2.05, 4.69) is 62.0 Å². The quantitative estimate of drug-likeness (QED) is 0.570. The molecule has 0 unspecified atom stereocenters. The molecule has 1 aliphatic rings. The van der Waals surface area contributed by atoms with Gasteiger partial charge in [0.15, 0.2) is 0 Å². The predicted molar refractivity (Wildman–Crippen MR) is 103 cm³/mol. The Morgan fingerprint density at radius 2 is 1.55 bits per heavy atom. The largest absolute Gasteiger partial charge is 0.358 e. The lowest BCUT2D eigenvalue weighted by molar-refractivity contribution is 0.388. The zero-order chi connectivity index (χ0) is 15.2. The van der Waals surface area contributed by atoms with Crippen LogP contribution < -0.4 is 4.90 Å². The van der Waals surface area contributed by atoms with Crippen LogP contribution in [0.1, 0.15) is 55.7 Å². The minimum absolute atomic E-state index is 0. The first-order valence-corrected chi connectivity index (χ1v) is 8.38. The van der Waals surface area contributed by atoms with Crippen LogP contribution in [-0.4, -0.2) is 18.1 Å². The fourth-order valence-electron chi connectivity index (χ4n) is 3.30. The molecule has 2 nitrogen and oxygen atoms in total. The molecule has 3 heteroatoms. The van der Waals surface area contributed by atoms with Crippen molar-refractivity contribution >= 4 is 22.7 Å². The summed E-state index contributed by atoms with van der Waals surface area (Å²) < 4.78 is 0. The van der Waals surface area contributed by atoms with Crippen molar-refractivity contribution in [3.8, 4) is 0 Å². The van der Waals surface area contributed by atoms with Crippen molar-refractivity contribution < 1.29 is 0 Å². The van der Waals surface area contributed by atoms with Gasteiger partial charge in [-0.15, -0.1) is 17.0 Å². The molecule has 0 aromatic heterocycles. The van der Waals surface area contributed by atoms with Gasteiger partial charge in [0, 0.05) is 24.6 Å². The number of unbranched alkanes of at least 4 members (excludes halogenated alkanes) is 4. The molecule has 22 heavy (non-hydrogen) atoms. The first kappa shape index (κ1) is 19.1. The molecule has 0 spiro atoms. The zero-order valence-electron chi connectivity index (χ0n) is 14.6. The third-order valence-corrected chi connectivity index (χ3v) is 4.26. The topological polar surface area (TPSA) is 6.48 Å². The SMILES string of the molecule is Br.CCCCCCCN1C=CN(c2c(C)cc(C)cc2C)C1. The van der Waals surface area contributed by atoms with Crippen LogP contribution in [0.5, 0.6) is 0 Å². The Kier molecular flexibility index (Phi) is 8.02. The van der Waals surface area contributed by atoms with E-state index in [0.29, 0.717) is 0 Å². The van der Waals surface area contributed by atoms with Crippen molar-refractivity contribution in [1.29, 1.82) is 0 Å². The third kappa shape index (κ3) is 5.05. The Bertz CT molecular complexity index is 473. The monoisotopic (exact) mass is 366 g/mol. The fraction of sp³-hybridized carbons (Fsp3) is 0.579. The number of hydrogen-bond acceptors (Lipinski definition) is 2. The molecule has 2 rings (SSSR count). The lowest BCUT2D eigenvalue weighted by atomic mass is 10.0. The maximum atomic E-state index is 2.44. The molecule has 1 heterocycles. The van der Waals surface area contributed by atoms with E-state index in [-0.39, 0.29) is 17.0 Å². The second-order valence-electron chi connectivity index (χ2n) is 6.38. The van der Waals surface area contributed by atoms with Crippen LogP contribution in [0.15, 0.2) is 24.5 Å². The average molecular weight is 367 g/mol. The molecule has 0 bridgehead atoms. The molecule has 0 saturated carbocycles. The average Bonchev–Trinajstić information content (AvgIpc) is 2.86. The molecule has 0 radical (unpaired) electrons. The number of aryl methyl sites for hydroxylation is 3. The van der Waals surface area contributed by atoms with E-state index in [0.717, 1.165) is 6.67 Å². The van der Waals surface area contributed by atoms with Gasteiger partial charge in [0.1, 0.15) is 0 Å². The molecule has 1 aromatic rings. The fourth-order valence-corrected chi connectivity index (χ4v) is 3.30. The van der Waals surface area contributed by atoms with E-state index in [4.69, 9.17) is 0 Å². The van der Waals surface area contributed by atoms with Crippen molar-refractivity contribution in [2.24, 2.45) is 0 Å². The number of hydrogen-bond donors (Lipinski definition) is 0. The summed E-state index contributed by atoms with van der Waals surface area (Å²) in [5.74, 6) is 0. The van der Waals surface area contributed by atoms with Gasteiger partial charge in [-0.3, -0.25) is 0 Å². The molecule has 0 atom stereocenters. The van der Waals surface area contributed by atoms with E-state index in [1.165, 1.54) is 61.0 Å². The van der Waals surface area contributed by atoms with Crippen molar-refractivity contribution in [2.75, 3.05) is 18.1 Å². The van der Waals surface area contributed by atoms with E-state index < -0.39 is 0 Å². The molecule has 1 aromatic carbocycles. The number of nitrogens with zero attached hydrogens (tertiary/aromatic N) is 2. The highest BCUT2D eigenvalue weighted by molar-refractivity contribution is 8.93. The van der Waals surface area contributed by atoms with Crippen LogP contribution in [0.4, 0.5) is 5.69 Å². The Morgan fingerprint density at radius 3 is 2.18 bits per heavy atom. The number of anilines is 1. The van der Waals surface area contributed by atoms with Crippen molar-refractivity contribution in [3.63, 3.8) is 0 Å². The van der Waals surface area contributed by atoms with Gasteiger partial charge >= 0.3 is 0 Å². The standard InChI is InChI=1S/C19H30N2.BrH/c1-5-6-7-8-9-10-20-11-12-21(15-20)19-17(3)13-16(2)14-18(19)4;/h11-14H,5-10,15H2,1-4H3;1H. The summed E-state index contributed by atoms with van der Waals surface area (Å²) in [6, 6.07) is 4.56. The Balaban J connectivity index is 0.00000242. The minimum atomic E-state index is 0. The second-order valence-corrected chi connectivity index (χ2v) is 6.38. The van der Waals surface area contributed by atoms with Crippen LogP contribution >= 0.6 is 17.0 Å². The van der Waals surface area contributed by atoms with Gasteiger partial charge in [0.05, 0.1) is 6.67 Å². The molecule has 124 valence electrons. The highest BCUT2D eigenvalue weighted by atomic mass is 79.9. The summed E-state index contributed by atoms with van der Waals surface area (Å²) in [6.07, 6.45) is 11.2. The lowest BCUT2D eigenvalue weighted by Crippen LogP contribution is -2.26. The number of benzene rings is 1. The Hall–Kier alpha value is -0.960. The highest BCUT2D eigenvalue weighted by Crippen LogP contribution is 2.28. The minimum Gasteiger partial charge on any atom is -0.358 e. The predicted octanol–water partition coefficient (Wildman–Crippen LogP) is 5.71. The normalized spacial score (nSPS) is 13.6. The molecular weight excluding hydrogens is 336 g/mol. The summed E-state index contributed by atoms with van der Waals surface area (Å²) in [7, 11) is 0. The lowest BCUT2D eigenvalue weighted by Gasteiger charge is -2.24. The molecule has 0 aliphatic carbocycles. The summed E-state index contributed by atoms with van der Waals surface area (Å²) >= 11 is 0. The van der Waals surface area contributed by atoms with Gasteiger partial charge in [-0.2, -0.15) is 0 Å².